The molecule has 2 amide bonds. The highest BCUT2D eigenvalue weighted by Crippen LogP contribution is 2.38. The number of hydrogen-bond acceptors (Lipinski definition) is 5. The van der Waals surface area contributed by atoms with Gasteiger partial charge in [0.25, 0.3) is 5.91 Å². The maximum absolute atomic E-state index is 12.6. The highest BCUT2D eigenvalue weighted by Gasteiger charge is 2.32. The molecule has 2 aromatic carbocycles. The van der Waals surface area contributed by atoms with Crippen LogP contribution in [0.15, 0.2) is 42.5 Å². The second-order valence-electron chi connectivity index (χ2n) is 10.2. The number of ether oxygens (including phenoxy) is 2. The van der Waals surface area contributed by atoms with Crippen molar-refractivity contribution in [3.63, 3.8) is 0 Å². The topological polar surface area (TPSA) is 71.1 Å². The molecule has 7 nitrogen and oxygen atoms in total. The van der Waals surface area contributed by atoms with Gasteiger partial charge in [-0.2, -0.15) is 0 Å². The molecule has 0 saturated carbocycles. The van der Waals surface area contributed by atoms with E-state index in [9.17, 15) is 9.59 Å². The van der Waals surface area contributed by atoms with E-state index in [1.165, 1.54) is 16.0 Å². The summed E-state index contributed by atoms with van der Waals surface area (Å²) in [6, 6.07) is 13.8. The van der Waals surface area contributed by atoms with Crippen molar-refractivity contribution in [2.24, 2.45) is 5.92 Å². The van der Waals surface area contributed by atoms with Crippen LogP contribution in [-0.4, -0.2) is 55.1 Å². The molecule has 0 unspecified atom stereocenters. The largest absolute Gasteiger partial charge is 0.487 e. The molecule has 7 heteroatoms. The third-order valence-corrected chi connectivity index (χ3v) is 6.97. The monoisotopic (exact) mass is 463 g/mol. The minimum absolute atomic E-state index is 0.0213. The van der Waals surface area contributed by atoms with E-state index in [0.717, 1.165) is 44.6 Å². The minimum Gasteiger partial charge on any atom is -0.487 e. The van der Waals surface area contributed by atoms with Crippen LogP contribution >= 0.6 is 0 Å². The number of para-hydroxylation sites is 3. The predicted octanol–water partition coefficient (Wildman–Crippen LogP) is 3.15. The van der Waals surface area contributed by atoms with E-state index in [4.69, 9.17) is 9.47 Å². The Hall–Kier alpha value is -3.06. The first-order chi connectivity index (χ1) is 16.4. The Kier molecular flexibility index (Phi) is 6.21. The lowest BCUT2D eigenvalue weighted by atomic mass is 9.96. The number of hydrogen-bond donors (Lipinski definition) is 1. The Morgan fingerprint density at radius 1 is 1.12 bits per heavy atom. The number of rotatable bonds is 6. The summed E-state index contributed by atoms with van der Waals surface area (Å²) in [5, 5.41) is 3.05. The maximum atomic E-state index is 12.6. The molecule has 0 aromatic heterocycles. The first kappa shape index (κ1) is 22.7. The summed E-state index contributed by atoms with van der Waals surface area (Å²) in [6.07, 6.45) is 3.04. The number of amides is 2. The molecule has 34 heavy (non-hydrogen) atoms. The lowest BCUT2D eigenvalue weighted by Crippen LogP contribution is -2.46. The van der Waals surface area contributed by atoms with Crippen molar-refractivity contribution in [1.29, 1.82) is 0 Å². The molecular weight excluding hydrogens is 430 g/mol. The van der Waals surface area contributed by atoms with Gasteiger partial charge in [-0.15, -0.1) is 0 Å². The van der Waals surface area contributed by atoms with Crippen LogP contribution in [0.2, 0.25) is 0 Å². The van der Waals surface area contributed by atoms with Gasteiger partial charge in [0.05, 0.1) is 5.69 Å². The number of anilines is 1. The SMILES string of the molecule is CC1(C)Cc2cccc(CN3CCC(CNC(=O)CN4C(=O)COc5ccccc54)CC3)c2O1. The van der Waals surface area contributed by atoms with Gasteiger partial charge >= 0.3 is 0 Å². The second-order valence-corrected chi connectivity index (χ2v) is 10.2. The number of carbonyl (C=O) groups excluding carboxylic acids is 2. The summed E-state index contributed by atoms with van der Waals surface area (Å²) in [5.41, 5.74) is 3.10. The lowest BCUT2D eigenvalue weighted by Gasteiger charge is -2.33. The Labute approximate surface area is 201 Å². The smallest absolute Gasteiger partial charge is 0.265 e. The molecule has 1 saturated heterocycles. The first-order valence-corrected chi connectivity index (χ1v) is 12.2. The van der Waals surface area contributed by atoms with Crippen LogP contribution in [0.25, 0.3) is 0 Å². The number of nitrogens with zero attached hydrogens (tertiary/aromatic N) is 2. The Morgan fingerprint density at radius 2 is 1.91 bits per heavy atom. The number of piperidine rings is 1. The van der Waals surface area contributed by atoms with Gasteiger partial charge < -0.3 is 14.8 Å². The molecule has 1 fully saturated rings. The highest BCUT2D eigenvalue weighted by molar-refractivity contribution is 6.02. The Balaban J connectivity index is 1.09. The molecule has 0 bridgehead atoms. The Bertz CT molecular complexity index is 1080. The maximum Gasteiger partial charge on any atom is 0.265 e. The van der Waals surface area contributed by atoms with Gasteiger partial charge in [0.1, 0.15) is 23.6 Å². The van der Waals surface area contributed by atoms with Gasteiger partial charge in [-0.05, 0) is 63.4 Å². The quantitative estimate of drug-likeness (QED) is 0.713. The molecule has 2 aromatic rings. The van der Waals surface area contributed by atoms with Crippen LogP contribution in [-0.2, 0) is 22.6 Å². The lowest BCUT2D eigenvalue weighted by molar-refractivity contribution is -0.125. The van der Waals surface area contributed by atoms with E-state index < -0.39 is 0 Å². The zero-order valence-corrected chi connectivity index (χ0v) is 20.0. The third kappa shape index (κ3) is 4.89. The summed E-state index contributed by atoms with van der Waals surface area (Å²) in [4.78, 5) is 28.9. The van der Waals surface area contributed by atoms with E-state index in [2.05, 4.69) is 42.3 Å². The van der Waals surface area contributed by atoms with Crippen molar-refractivity contribution < 1.29 is 19.1 Å². The van der Waals surface area contributed by atoms with Crippen molar-refractivity contribution in [1.82, 2.24) is 10.2 Å². The number of carbonyl (C=O) groups is 2. The molecule has 1 N–H and O–H groups in total. The number of nitrogens with one attached hydrogen (secondary N) is 1. The molecule has 180 valence electrons. The fraction of sp³-hybridized carbons (Fsp3) is 0.481. The molecule has 3 heterocycles. The number of likely N-dealkylation sites (tertiary alicyclic amines) is 1. The summed E-state index contributed by atoms with van der Waals surface area (Å²) in [6.45, 7) is 7.83. The Morgan fingerprint density at radius 3 is 2.74 bits per heavy atom. The van der Waals surface area contributed by atoms with Crippen LogP contribution < -0.4 is 19.7 Å². The van der Waals surface area contributed by atoms with Gasteiger partial charge in [0, 0.05) is 25.1 Å². The molecular formula is C27H33N3O4. The fourth-order valence-electron chi connectivity index (χ4n) is 5.18. The van der Waals surface area contributed by atoms with E-state index in [0.29, 0.717) is 23.9 Å². The normalized spacial score (nSPS) is 19.7. The molecule has 0 aliphatic carbocycles. The van der Waals surface area contributed by atoms with Gasteiger partial charge in [-0.3, -0.25) is 19.4 Å². The summed E-state index contributed by atoms with van der Waals surface area (Å²) in [5.74, 6) is 1.83. The number of fused-ring (bicyclic) bond motifs is 2. The molecule has 0 atom stereocenters. The zero-order chi connectivity index (χ0) is 23.7. The van der Waals surface area contributed by atoms with E-state index >= 15 is 0 Å². The summed E-state index contributed by atoms with van der Waals surface area (Å²) >= 11 is 0. The van der Waals surface area contributed by atoms with Gasteiger partial charge in [0.15, 0.2) is 6.61 Å². The molecule has 0 radical (unpaired) electrons. The van der Waals surface area contributed by atoms with Crippen LogP contribution in [0, 0.1) is 5.92 Å². The fourth-order valence-corrected chi connectivity index (χ4v) is 5.18. The standard InChI is InChI=1S/C27H33N3O4/c1-27(2)14-20-6-5-7-21(26(20)34-27)16-29-12-10-19(11-13-29)15-28-24(31)17-30-22-8-3-4-9-23(22)33-18-25(30)32/h3-9,19H,10-18H2,1-2H3,(H,28,31). The molecule has 3 aliphatic rings. The van der Waals surface area contributed by atoms with E-state index in [1.54, 1.807) is 0 Å². The van der Waals surface area contributed by atoms with Crippen molar-refractivity contribution >= 4 is 17.5 Å². The van der Waals surface area contributed by atoms with Crippen molar-refractivity contribution in [2.75, 3.05) is 37.7 Å². The van der Waals surface area contributed by atoms with Crippen LogP contribution in [0.5, 0.6) is 11.5 Å². The molecule has 0 spiro atoms. The van der Waals surface area contributed by atoms with Gasteiger partial charge in [0.2, 0.25) is 5.91 Å². The minimum atomic E-state index is -0.193. The summed E-state index contributed by atoms with van der Waals surface area (Å²) in [7, 11) is 0. The van der Waals surface area contributed by atoms with Crippen molar-refractivity contribution in [2.45, 2.75) is 45.3 Å². The average molecular weight is 464 g/mol. The van der Waals surface area contributed by atoms with Gasteiger partial charge in [-0.1, -0.05) is 30.3 Å². The second kappa shape index (κ2) is 9.29. The molecule has 5 rings (SSSR count). The van der Waals surface area contributed by atoms with Crippen molar-refractivity contribution in [3.05, 3.63) is 53.6 Å². The molecule has 3 aliphatic heterocycles. The highest BCUT2D eigenvalue weighted by atomic mass is 16.5. The van der Waals surface area contributed by atoms with E-state index in [1.807, 2.05) is 24.3 Å². The average Bonchev–Trinajstić information content (AvgIpc) is 3.15. The van der Waals surface area contributed by atoms with E-state index in [-0.39, 0.29) is 30.6 Å². The summed E-state index contributed by atoms with van der Waals surface area (Å²) < 4.78 is 11.7. The van der Waals surface area contributed by atoms with Crippen LogP contribution in [0.3, 0.4) is 0 Å². The first-order valence-electron chi connectivity index (χ1n) is 12.2. The number of benzene rings is 2. The third-order valence-electron chi connectivity index (χ3n) is 6.97. The van der Waals surface area contributed by atoms with Crippen LogP contribution in [0.1, 0.15) is 37.8 Å². The zero-order valence-electron chi connectivity index (χ0n) is 20.0. The van der Waals surface area contributed by atoms with Gasteiger partial charge in [-0.25, -0.2) is 0 Å². The van der Waals surface area contributed by atoms with Crippen LogP contribution in [0.4, 0.5) is 5.69 Å². The predicted molar refractivity (Wildman–Crippen MR) is 130 cm³/mol. The van der Waals surface area contributed by atoms with Crippen molar-refractivity contribution in [3.8, 4) is 11.5 Å².